The Labute approximate surface area is 216 Å². The lowest BCUT2D eigenvalue weighted by Crippen LogP contribution is -2.16. The van der Waals surface area contributed by atoms with Crippen LogP contribution in [0.5, 0.6) is 17.2 Å². The molecule has 3 aromatic carbocycles. The first kappa shape index (κ1) is 27.1. The molecule has 3 rings (SSSR count). The molecular formula is C27H27N3O6S. The van der Waals surface area contributed by atoms with Gasteiger partial charge in [0.1, 0.15) is 17.4 Å². The van der Waals surface area contributed by atoms with E-state index in [2.05, 4.69) is 10.0 Å². The number of anilines is 2. The van der Waals surface area contributed by atoms with E-state index in [0.717, 1.165) is 11.1 Å². The van der Waals surface area contributed by atoms with E-state index in [9.17, 15) is 18.5 Å². The van der Waals surface area contributed by atoms with Gasteiger partial charge in [0.05, 0.1) is 31.9 Å². The zero-order valence-electron chi connectivity index (χ0n) is 21.1. The van der Waals surface area contributed by atoms with E-state index in [1.165, 1.54) is 51.7 Å². The summed E-state index contributed by atoms with van der Waals surface area (Å²) in [6.45, 7) is 3.64. The molecule has 0 bridgehead atoms. The standard InChI is InChI=1S/C27H27N3O6S/c1-17-7-6-8-18(2)26(17)30-37(32,33)22-11-9-21(10-12-22)29-27(31)20(16-28)13-19-14-24(35-4)25(36-5)15-23(19)34-3/h6-15,30H,1-5H3,(H,29,31)/b20-13+. The van der Waals surface area contributed by atoms with Gasteiger partial charge in [0.2, 0.25) is 0 Å². The molecule has 0 heterocycles. The second-order valence-corrected chi connectivity index (χ2v) is 9.65. The summed E-state index contributed by atoms with van der Waals surface area (Å²) in [5.41, 5.74) is 2.68. The molecule has 0 aromatic heterocycles. The first-order chi connectivity index (χ1) is 17.6. The second kappa shape index (κ2) is 11.5. The van der Waals surface area contributed by atoms with Gasteiger partial charge in [0, 0.05) is 17.3 Å². The number of benzene rings is 3. The van der Waals surface area contributed by atoms with E-state index in [-0.39, 0.29) is 10.5 Å². The van der Waals surface area contributed by atoms with Crippen molar-refractivity contribution in [1.82, 2.24) is 0 Å². The molecule has 10 heteroatoms. The summed E-state index contributed by atoms with van der Waals surface area (Å²) in [5.74, 6) is 0.535. The van der Waals surface area contributed by atoms with Crippen molar-refractivity contribution in [2.75, 3.05) is 31.4 Å². The maximum absolute atomic E-state index is 12.9. The minimum Gasteiger partial charge on any atom is -0.496 e. The van der Waals surface area contributed by atoms with Gasteiger partial charge < -0.3 is 19.5 Å². The summed E-state index contributed by atoms with van der Waals surface area (Å²) in [6.07, 6.45) is 1.36. The molecule has 2 N–H and O–H groups in total. The Bertz CT molecular complexity index is 1470. The average Bonchev–Trinajstić information content (AvgIpc) is 2.89. The number of nitrogens with zero attached hydrogens (tertiary/aromatic N) is 1. The summed E-state index contributed by atoms with van der Waals surface area (Å²) in [7, 11) is 0.559. The third kappa shape index (κ3) is 6.20. The van der Waals surface area contributed by atoms with E-state index >= 15 is 0 Å². The molecule has 0 saturated heterocycles. The maximum atomic E-state index is 12.9. The van der Waals surface area contributed by atoms with Crippen molar-refractivity contribution in [3.63, 3.8) is 0 Å². The normalized spacial score (nSPS) is 11.3. The Hall–Kier alpha value is -4.49. The number of carbonyl (C=O) groups is 1. The van der Waals surface area contributed by atoms with Gasteiger partial charge in [-0.3, -0.25) is 9.52 Å². The third-order valence-electron chi connectivity index (χ3n) is 5.54. The molecule has 0 unspecified atom stereocenters. The molecule has 0 radical (unpaired) electrons. The highest BCUT2D eigenvalue weighted by molar-refractivity contribution is 7.92. The molecule has 0 aliphatic heterocycles. The van der Waals surface area contributed by atoms with Gasteiger partial charge in [-0.15, -0.1) is 0 Å². The quantitative estimate of drug-likeness (QED) is 0.309. The predicted octanol–water partition coefficient (Wildman–Crippen LogP) is 4.68. The molecule has 9 nitrogen and oxygen atoms in total. The van der Waals surface area contributed by atoms with Crippen LogP contribution in [0, 0.1) is 25.2 Å². The van der Waals surface area contributed by atoms with Gasteiger partial charge in [-0.2, -0.15) is 5.26 Å². The maximum Gasteiger partial charge on any atom is 0.266 e. The number of methoxy groups -OCH3 is 3. The zero-order valence-corrected chi connectivity index (χ0v) is 21.9. The minimum absolute atomic E-state index is 0.0271. The number of aryl methyl sites for hydroxylation is 2. The SMILES string of the molecule is COc1cc(OC)c(OC)cc1/C=C(\C#N)C(=O)Nc1ccc(S(=O)(=O)Nc2c(C)cccc2C)cc1. The Morgan fingerprint density at radius 1 is 0.892 bits per heavy atom. The van der Waals surface area contributed by atoms with E-state index in [0.29, 0.717) is 34.2 Å². The zero-order chi connectivity index (χ0) is 27.2. The molecule has 1 amide bonds. The molecular weight excluding hydrogens is 494 g/mol. The van der Waals surface area contributed by atoms with Gasteiger partial charge in [-0.25, -0.2) is 8.42 Å². The molecule has 0 aliphatic carbocycles. The van der Waals surface area contributed by atoms with Crippen LogP contribution >= 0.6 is 0 Å². The lowest BCUT2D eigenvalue weighted by Gasteiger charge is -2.14. The molecule has 0 aliphatic rings. The van der Waals surface area contributed by atoms with E-state index in [1.807, 2.05) is 38.1 Å². The summed E-state index contributed by atoms with van der Waals surface area (Å²) in [5, 5.41) is 12.2. The Balaban J connectivity index is 1.82. The predicted molar refractivity (Wildman–Crippen MR) is 141 cm³/mol. The van der Waals surface area contributed by atoms with Gasteiger partial charge >= 0.3 is 0 Å². The molecule has 37 heavy (non-hydrogen) atoms. The number of para-hydroxylation sites is 1. The molecule has 3 aromatic rings. The summed E-state index contributed by atoms with van der Waals surface area (Å²) in [4.78, 5) is 12.8. The second-order valence-electron chi connectivity index (χ2n) is 7.97. The number of ether oxygens (including phenoxy) is 3. The average molecular weight is 522 g/mol. The van der Waals surface area contributed by atoms with Crippen molar-refractivity contribution in [1.29, 1.82) is 5.26 Å². The molecule has 0 atom stereocenters. The van der Waals surface area contributed by atoms with Gasteiger partial charge in [0.15, 0.2) is 11.5 Å². The van der Waals surface area contributed by atoms with Crippen LogP contribution in [-0.4, -0.2) is 35.7 Å². The van der Waals surface area contributed by atoms with E-state index in [4.69, 9.17) is 14.2 Å². The summed E-state index contributed by atoms with van der Waals surface area (Å²) < 4.78 is 44.3. The number of sulfonamides is 1. The van der Waals surface area contributed by atoms with Crippen molar-refractivity contribution >= 4 is 33.4 Å². The molecule has 0 saturated carbocycles. The number of nitriles is 1. The van der Waals surface area contributed by atoms with Crippen LogP contribution in [0.1, 0.15) is 16.7 Å². The first-order valence-corrected chi connectivity index (χ1v) is 12.5. The first-order valence-electron chi connectivity index (χ1n) is 11.1. The Morgan fingerprint density at radius 3 is 2.00 bits per heavy atom. The van der Waals surface area contributed by atoms with Crippen LogP contribution in [0.4, 0.5) is 11.4 Å². The van der Waals surface area contributed by atoms with Crippen LogP contribution in [0.2, 0.25) is 0 Å². The number of nitrogens with one attached hydrogen (secondary N) is 2. The number of hydrogen-bond acceptors (Lipinski definition) is 7. The number of amides is 1. The Kier molecular flexibility index (Phi) is 8.42. The van der Waals surface area contributed by atoms with Crippen LogP contribution in [0.15, 0.2) is 65.1 Å². The van der Waals surface area contributed by atoms with Crippen LogP contribution in [-0.2, 0) is 14.8 Å². The highest BCUT2D eigenvalue weighted by Gasteiger charge is 2.18. The fourth-order valence-corrected chi connectivity index (χ4v) is 4.76. The lowest BCUT2D eigenvalue weighted by molar-refractivity contribution is -0.112. The smallest absolute Gasteiger partial charge is 0.266 e. The van der Waals surface area contributed by atoms with E-state index in [1.54, 1.807) is 12.1 Å². The van der Waals surface area contributed by atoms with Gasteiger partial charge in [0.25, 0.3) is 15.9 Å². The van der Waals surface area contributed by atoms with Crippen LogP contribution < -0.4 is 24.2 Å². The number of carbonyl (C=O) groups excluding carboxylic acids is 1. The largest absolute Gasteiger partial charge is 0.496 e. The number of hydrogen-bond donors (Lipinski definition) is 2. The Morgan fingerprint density at radius 2 is 1.46 bits per heavy atom. The van der Waals surface area contributed by atoms with Crippen LogP contribution in [0.3, 0.4) is 0 Å². The van der Waals surface area contributed by atoms with Crippen LogP contribution in [0.25, 0.3) is 6.08 Å². The number of rotatable bonds is 9. The molecule has 192 valence electrons. The molecule has 0 fully saturated rings. The van der Waals surface area contributed by atoms with Crippen molar-refractivity contribution in [2.24, 2.45) is 0 Å². The highest BCUT2D eigenvalue weighted by atomic mass is 32.2. The lowest BCUT2D eigenvalue weighted by atomic mass is 10.1. The van der Waals surface area contributed by atoms with Crippen molar-refractivity contribution < 1.29 is 27.4 Å². The van der Waals surface area contributed by atoms with E-state index < -0.39 is 15.9 Å². The molecule has 0 spiro atoms. The monoisotopic (exact) mass is 521 g/mol. The minimum atomic E-state index is -3.85. The highest BCUT2D eigenvalue weighted by Crippen LogP contribution is 2.35. The summed E-state index contributed by atoms with van der Waals surface area (Å²) >= 11 is 0. The van der Waals surface area contributed by atoms with Crippen molar-refractivity contribution in [3.05, 3.63) is 76.9 Å². The fourth-order valence-electron chi connectivity index (χ4n) is 3.55. The summed E-state index contributed by atoms with van der Waals surface area (Å²) in [6, 6.07) is 16.2. The van der Waals surface area contributed by atoms with Crippen molar-refractivity contribution in [3.8, 4) is 23.3 Å². The van der Waals surface area contributed by atoms with Gasteiger partial charge in [-0.05, 0) is 61.4 Å². The van der Waals surface area contributed by atoms with Gasteiger partial charge in [-0.1, -0.05) is 18.2 Å². The van der Waals surface area contributed by atoms with Crippen molar-refractivity contribution in [2.45, 2.75) is 18.7 Å². The third-order valence-corrected chi connectivity index (χ3v) is 6.91. The fraction of sp³-hybridized carbons (Fsp3) is 0.185. The topological polar surface area (TPSA) is 127 Å².